The van der Waals surface area contributed by atoms with Gasteiger partial charge in [0.1, 0.15) is 23.3 Å². The highest BCUT2D eigenvalue weighted by atomic mass is 16.5. The molecular weight excluding hydrogens is 248 g/mol. The lowest BCUT2D eigenvalue weighted by Crippen LogP contribution is -2.13. The number of amides is 1. The third-order valence-corrected chi connectivity index (χ3v) is 2.65. The number of ether oxygens (including phenoxy) is 2. The summed E-state index contributed by atoms with van der Waals surface area (Å²) in [5.41, 5.74) is 1.43. The van der Waals surface area contributed by atoms with Crippen LogP contribution in [0.25, 0.3) is 0 Å². The second kappa shape index (κ2) is 5.43. The first-order chi connectivity index (χ1) is 9.15. The summed E-state index contributed by atoms with van der Waals surface area (Å²) in [5.74, 6) is 0.853. The van der Waals surface area contributed by atoms with Gasteiger partial charge in [-0.2, -0.15) is 0 Å². The van der Waals surface area contributed by atoms with Crippen LogP contribution < -0.4 is 14.8 Å². The van der Waals surface area contributed by atoms with Crippen molar-refractivity contribution in [2.45, 2.75) is 6.92 Å². The van der Waals surface area contributed by atoms with Crippen LogP contribution >= 0.6 is 0 Å². The fourth-order valence-electron chi connectivity index (χ4n) is 1.61. The van der Waals surface area contributed by atoms with Crippen molar-refractivity contribution in [1.29, 1.82) is 0 Å². The molecule has 6 heteroatoms. The number of rotatable bonds is 4. The van der Waals surface area contributed by atoms with Gasteiger partial charge >= 0.3 is 0 Å². The summed E-state index contributed by atoms with van der Waals surface area (Å²) < 4.78 is 15.0. The number of aromatic nitrogens is 1. The molecule has 100 valence electrons. The van der Waals surface area contributed by atoms with Crippen LogP contribution in [0, 0.1) is 6.92 Å². The molecular formula is C13H14N2O4. The van der Waals surface area contributed by atoms with Crippen molar-refractivity contribution in [3.8, 4) is 11.5 Å². The Morgan fingerprint density at radius 3 is 2.68 bits per heavy atom. The number of methoxy groups -OCH3 is 2. The summed E-state index contributed by atoms with van der Waals surface area (Å²) in [6.07, 6.45) is 1.30. The van der Waals surface area contributed by atoms with Crippen LogP contribution in [0.2, 0.25) is 0 Å². The number of carbonyl (C=O) groups excluding carboxylic acids is 1. The molecule has 0 bridgehead atoms. The molecule has 2 rings (SSSR count). The summed E-state index contributed by atoms with van der Waals surface area (Å²) in [7, 11) is 3.08. The lowest BCUT2D eigenvalue weighted by Gasteiger charge is -2.11. The lowest BCUT2D eigenvalue weighted by molar-refractivity contribution is 0.102. The van der Waals surface area contributed by atoms with Gasteiger partial charge in [-0.15, -0.1) is 0 Å². The number of hydrogen-bond acceptors (Lipinski definition) is 5. The Hall–Kier alpha value is -2.50. The molecule has 0 atom stereocenters. The van der Waals surface area contributed by atoms with Crippen LogP contribution in [0.4, 0.5) is 5.69 Å². The van der Waals surface area contributed by atoms with Crippen LogP contribution in [0.5, 0.6) is 11.5 Å². The zero-order valence-corrected chi connectivity index (χ0v) is 10.9. The topological polar surface area (TPSA) is 73.6 Å². The van der Waals surface area contributed by atoms with Gasteiger partial charge in [0.15, 0.2) is 0 Å². The Kier molecular flexibility index (Phi) is 3.70. The summed E-state index contributed by atoms with van der Waals surface area (Å²) in [5, 5.41) is 6.40. The van der Waals surface area contributed by atoms with E-state index >= 15 is 0 Å². The number of hydrogen-bond donors (Lipinski definition) is 1. The highest BCUT2D eigenvalue weighted by Crippen LogP contribution is 2.29. The SMILES string of the molecule is COc1ccc(OC)c(NC(=O)c2conc2C)c1. The second-order valence-electron chi connectivity index (χ2n) is 3.83. The van der Waals surface area contributed by atoms with E-state index in [1.807, 2.05) is 0 Å². The van der Waals surface area contributed by atoms with E-state index in [-0.39, 0.29) is 5.91 Å². The fraction of sp³-hybridized carbons (Fsp3) is 0.231. The van der Waals surface area contributed by atoms with Crippen molar-refractivity contribution in [2.24, 2.45) is 0 Å². The van der Waals surface area contributed by atoms with Gasteiger partial charge in [0.25, 0.3) is 5.91 Å². The van der Waals surface area contributed by atoms with Crippen LogP contribution in [-0.4, -0.2) is 25.3 Å². The van der Waals surface area contributed by atoms with Gasteiger partial charge in [-0.25, -0.2) is 0 Å². The molecule has 1 amide bonds. The number of nitrogens with zero attached hydrogens (tertiary/aromatic N) is 1. The van der Waals surface area contributed by atoms with Crippen LogP contribution in [0.3, 0.4) is 0 Å². The maximum absolute atomic E-state index is 12.1. The Morgan fingerprint density at radius 2 is 2.11 bits per heavy atom. The molecule has 0 aliphatic carbocycles. The quantitative estimate of drug-likeness (QED) is 0.914. The van der Waals surface area contributed by atoms with E-state index in [9.17, 15) is 4.79 Å². The minimum absolute atomic E-state index is 0.315. The zero-order chi connectivity index (χ0) is 13.8. The molecule has 1 N–H and O–H groups in total. The highest BCUT2D eigenvalue weighted by Gasteiger charge is 2.15. The maximum atomic E-state index is 12.1. The van der Waals surface area contributed by atoms with Crippen molar-refractivity contribution >= 4 is 11.6 Å². The minimum atomic E-state index is -0.315. The average Bonchev–Trinajstić information content (AvgIpc) is 2.85. The van der Waals surface area contributed by atoms with E-state index in [1.54, 1.807) is 32.2 Å². The fourth-order valence-corrected chi connectivity index (χ4v) is 1.61. The highest BCUT2D eigenvalue weighted by molar-refractivity contribution is 6.05. The van der Waals surface area contributed by atoms with Crippen LogP contribution in [0.15, 0.2) is 29.0 Å². The first kappa shape index (κ1) is 12.9. The van der Waals surface area contributed by atoms with Gasteiger partial charge in [0.2, 0.25) is 0 Å². The van der Waals surface area contributed by atoms with Crippen LogP contribution in [-0.2, 0) is 0 Å². The normalized spacial score (nSPS) is 10.1. The maximum Gasteiger partial charge on any atom is 0.260 e. The smallest absolute Gasteiger partial charge is 0.260 e. The molecule has 0 saturated carbocycles. The molecule has 2 aromatic rings. The van der Waals surface area contributed by atoms with Crippen LogP contribution in [0.1, 0.15) is 16.1 Å². The molecule has 0 spiro atoms. The number of anilines is 1. The molecule has 1 aromatic carbocycles. The molecule has 6 nitrogen and oxygen atoms in total. The Balaban J connectivity index is 2.27. The van der Waals surface area contributed by atoms with E-state index in [4.69, 9.17) is 14.0 Å². The molecule has 1 aromatic heterocycles. The predicted molar refractivity (Wildman–Crippen MR) is 68.7 cm³/mol. The van der Waals surface area contributed by atoms with Gasteiger partial charge in [-0.3, -0.25) is 4.79 Å². The van der Waals surface area contributed by atoms with E-state index < -0.39 is 0 Å². The molecule has 19 heavy (non-hydrogen) atoms. The Morgan fingerprint density at radius 1 is 1.32 bits per heavy atom. The first-order valence-corrected chi connectivity index (χ1v) is 5.60. The Bertz CT molecular complexity index is 592. The van der Waals surface area contributed by atoms with Crippen molar-refractivity contribution in [3.05, 3.63) is 35.7 Å². The van der Waals surface area contributed by atoms with E-state index in [0.29, 0.717) is 28.4 Å². The third kappa shape index (κ3) is 2.67. The monoisotopic (exact) mass is 262 g/mol. The summed E-state index contributed by atoms with van der Waals surface area (Å²) in [6.45, 7) is 1.70. The van der Waals surface area contributed by atoms with Gasteiger partial charge in [0.05, 0.1) is 25.6 Å². The molecule has 0 unspecified atom stereocenters. The summed E-state index contributed by atoms with van der Waals surface area (Å²) >= 11 is 0. The van der Waals surface area contributed by atoms with Crippen molar-refractivity contribution < 1.29 is 18.8 Å². The minimum Gasteiger partial charge on any atom is -0.497 e. The van der Waals surface area contributed by atoms with E-state index in [0.717, 1.165) is 0 Å². The van der Waals surface area contributed by atoms with Gasteiger partial charge in [0, 0.05) is 6.07 Å². The summed E-state index contributed by atoms with van der Waals surface area (Å²) in [6, 6.07) is 5.15. The number of aryl methyl sites for hydroxylation is 1. The van der Waals surface area contributed by atoms with Gasteiger partial charge in [-0.1, -0.05) is 5.16 Å². The molecule has 0 radical (unpaired) electrons. The van der Waals surface area contributed by atoms with E-state index in [2.05, 4.69) is 10.5 Å². The van der Waals surface area contributed by atoms with Crippen molar-refractivity contribution in [3.63, 3.8) is 0 Å². The number of nitrogens with one attached hydrogen (secondary N) is 1. The average molecular weight is 262 g/mol. The van der Waals surface area contributed by atoms with Crippen molar-refractivity contribution in [1.82, 2.24) is 5.16 Å². The second-order valence-corrected chi connectivity index (χ2v) is 3.83. The Labute approximate surface area is 110 Å². The molecule has 0 saturated heterocycles. The molecule has 0 aliphatic rings. The zero-order valence-electron chi connectivity index (χ0n) is 10.9. The molecule has 0 aliphatic heterocycles. The molecule has 0 fully saturated rings. The first-order valence-electron chi connectivity index (χ1n) is 5.60. The van der Waals surface area contributed by atoms with Gasteiger partial charge in [-0.05, 0) is 19.1 Å². The molecule has 1 heterocycles. The van der Waals surface area contributed by atoms with Gasteiger partial charge < -0.3 is 19.3 Å². The lowest BCUT2D eigenvalue weighted by atomic mass is 10.2. The number of carbonyl (C=O) groups is 1. The largest absolute Gasteiger partial charge is 0.497 e. The number of benzene rings is 1. The predicted octanol–water partition coefficient (Wildman–Crippen LogP) is 2.25. The standard InChI is InChI=1S/C13H14N2O4/c1-8-10(7-19-15-8)13(16)14-11-6-9(17-2)4-5-12(11)18-3/h4-7H,1-3H3,(H,14,16). The summed E-state index contributed by atoms with van der Waals surface area (Å²) in [4.78, 5) is 12.1. The van der Waals surface area contributed by atoms with E-state index in [1.165, 1.54) is 13.4 Å². The third-order valence-electron chi connectivity index (χ3n) is 2.65. The van der Waals surface area contributed by atoms with Crippen molar-refractivity contribution in [2.75, 3.05) is 19.5 Å².